The predicted octanol–water partition coefficient (Wildman–Crippen LogP) is 5.02. The van der Waals surface area contributed by atoms with E-state index in [4.69, 9.17) is 0 Å². The van der Waals surface area contributed by atoms with E-state index in [0.717, 1.165) is 5.75 Å². The molecule has 1 nitrogen and oxygen atoms in total. The molecule has 0 aromatic heterocycles. The van der Waals surface area contributed by atoms with E-state index in [1.807, 2.05) is 18.7 Å². The normalized spacial score (nSPS) is 13.9. The third-order valence-corrected chi connectivity index (χ3v) is 4.73. The van der Waals surface area contributed by atoms with Crippen molar-refractivity contribution in [2.45, 2.75) is 89.9 Å². The first-order chi connectivity index (χ1) is 7.98. The molecule has 0 heterocycles. The Morgan fingerprint density at radius 2 is 1.53 bits per heavy atom. The number of thioether (sulfide) groups is 1. The van der Waals surface area contributed by atoms with Crippen LogP contribution in [0.15, 0.2) is 0 Å². The van der Waals surface area contributed by atoms with Crippen LogP contribution in [0, 0.1) is 0 Å². The lowest BCUT2D eigenvalue weighted by atomic mass is 10.0. The highest BCUT2D eigenvalue weighted by atomic mass is 32.2. The summed E-state index contributed by atoms with van der Waals surface area (Å²) in [5.74, 6) is 0.865. The van der Waals surface area contributed by atoms with E-state index >= 15 is 0 Å². The van der Waals surface area contributed by atoms with E-state index < -0.39 is 0 Å². The lowest BCUT2D eigenvalue weighted by Crippen LogP contribution is -2.18. The van der Waals surface area contributed by atoms with Crippen molar-refractivity contribution in [3.63, 3.8) is 0 Å². The average Bonchev–Trinajstić information content (AvgIpc) is 2.25. The molecule has 0 bridgehead atoms. The molecule has 0 aliphatic rings. The minimum Gasteiger partial charge on any atom is -0.393 e. The zero-order chi connectivity index (χ0) is 13.1. The zero-order valence-corrected chi connectivity index (χ0v) is 13.1. The molecule has 0 aliphatic heterocycles. The van der Waals surface area contributed by atoms with Crippen molar-refractivity contribution in [3.8, 4) is 0 Å². The van der Waals surface area contributed by atoms with E-state index in [1.54, 1.807) is 0 Å². The van der Waals surface area contributed by atoms with Crippen LogP contribution in [0.25, 0.3) is 0 Å². The molecular weight excluding hydrogens is 228 g/mol. The van der Waals surface area contributed by atoms with Crippen LogP contribution in [-0.2, 0) is 0 Å². The minimum atomic E-state index is -0.173. The summed E-state index contributed by atoms with van der Waals surface area (Å²) in [5.41, 5.74) is 0. The number of hydrogen-bond acceptors (Lipinski definition) is 2. The molecule has 0 saturated carbocycles. The molecule has 0 radical (unpaired) electrons. The van der Waals surface area contributed by atoms with Gasteiger partial charge >= 0.3 is 0 Å². The van der Waals surface area contributed by atoms with Crippen molar-refractivity contribution in [1.29, 1.82) is 0 Å². The highest BCUT2D eigenvalue weighted by molar-refractivity contribution is 8.00. The number of unbranched alkanes of at least 4 members (excludes halogenated alkanes) is 6. The first-order valence-corrected chi connectivity index (χ1v) is 8.28. The molecule has 1 atom stereocenters. The van der Waals surface area contributed by atoms with E-state index in [-0.39, 0.29) is 6.10 Å². The second-order valence-electron chi connectivity index (χ2n) is 5.79. The smallest absolute Gasteiger partial charge is 0.0602 e. The van der Waals surface area contributed by atoms with Crippen LogP contribution in [-0.4, -0.2) is 21.7 Å². The fourth-order valence-electron chi connectivity index (χ4n) is 1.93. The highest BCUT2D eigenvalue weighted by Gasteiger charge is 2.18. The molecule has 0 aromatic carbocycles. The molecule has 104 valence electrons. The van der Waals surface area contributed by atoms with Gasteiger partial charge in [-0.25, -0.2) is 0 Å². The zero-order valence-electron chi connectivity index (χ0n) is 12.3. The predicted molar refractivity (Wildman–Crippen MR) is 80.8 cm³/mol. The Bertz CT molecular complexity index is 166. The van der Waals surface area contributed by atoms with Gasteiger partial charge in [0.15, 0.2) is 0 Å². The van der Waals surface area contributed by atoms with E-state index in [1.165, 1.54) is 51.4 Å². The van der Waals surface area contributed by atoms with Crippen LogP contribution in [0.4, 0.5) is 0 Å². The van der Waals surface area contributed by atoms with Gasteiger partial charge in [-0.1, -0.05) is 65.7 Å². The van der Waals surface area contributed by atoms with Crippen molar-refractivity contribution >= 4 is 11.8 Å². The van der Waals surface area contributed by atoms with Crippen molar-refractivity contribution in [2.75, 3.05) is 5.75 Å². The van der Waals surface area contributed by atoms with Crippen LogP contribution in [0.2, 0.25) is 0 Å². The number of aliphatic hydroxyl groups excluding tert-OH is 1. The van der Waals surface area contributed by atoms with E-state index in [0.29, 0.717) is 4.75 Å². The molecule has 17 heavy (non-hydrogen) atoms. The van der Waals surface area contributed by atoms with Gasteiger partial charge < -0.3 is 5.11 Å². The molecule has 0 fully saturated rings. The fourth-order valence-corrected chi connectivity index (χ4v) is 2.91. The Kier molecular flexibility index (Phi) is 10.4. The van der Waals surface area contributed by atoms with Crippen LogP contribution in [0.1, 0.15) is 79.1 Å². The van der Waals surface area contributed by atoms with Gasteiger partial charge in [0.05, 0.1) is 6.10 Å². The Labute approximate surface area is 113 Å². The third kappa shape index (κ3) is 12.6. The largest absolute Gasteiger partial charge is 0.393 e. The summed E-state index contributed by atoms with van der Waals surface area (Å²) in [4.78, 5) is 0. The summed E-state index contributed by atoms with van der Waals surface area (Å²) in [6, 6.07) is 0. The van der Waals surface area contributed by atoms with Gasteiger partial charge in [0, 0.05) is 10.5 Å². The summed E-state index contributed by atoms with van der Waals surface area (Å²) >= 11 is 1.91. The third-order valence-electron chi connectivity index (χ3n) is 3.10. The van der Waals surface area contributed by atoms with Crippen molar-refractivity contribution in [2.24, 2.45) is 0 Å². The topological polar surface area (TPSA) is 20.2 Å². The first-order valence-electron chi connectivity index (χ1n) is 7.30. The quantitative estimate of drug-likeness (QED) is 0.526. The van der Waals surface area contributed by atoms with Gasteiger partial charge in [0.25, 0.3) is 0 Å². The number of rotatable bonds is 11. The van der Waals surface area contributed by atoms with Gasteiger partial charge in [-0.05, 0) is 13.3 Å². The Morgan fingerprint density at radius 1 is 1.00 bits per heavy atom. The van der Waals surface area contributed by atoms with E-state index in [9.17, 15) is 5.11 Å². The Balaban J connectivity index is 3.39. The minimum absolute atomic E-state index is 0.173. The van der Waals surface area contributed by atoms with Gasteiger partial charge in [0.1, 0.15) is 0 Å². The van der Waals surface area contributed by atoms with E-state index in [2.05, 4.69) is 20.8 Å². The Morgan fingerprint density at radius 3 is 2.06 bits per heavy atom. The Hall–Kier alpha value is 0.310. The lowest BCUT2D eigenvalue weighted by molar-refractivity contribution is 0.220. The number of aliphatic hydroxyl groups is 1. The second kappa shape index (κ2) is 10.3. The molecule has 0 saturated heterocycles. The van der Waals surface area contributed by atoms with Crippen molar-refractivity contribution < 1.29 is 5.11 Å². The van der Waals surface area contributed by atoms with Gasteiger partial charge in [-0.15, -0.1) is 0 Å². The molecular formula is C15H32OS. The highest BCUT2D eigenvalue weighted by Crippen LogP contribution is 2.30. The molecule has 1 N–H and O–H groups in total. The molecule has 0 aromatic rings. The molecule has 1 unspecified atom stereocenters. The van der Waals surface area contributed by atoms with Crippen molar-refractivity contribution in [3.05, 3.63) is 0 Å². The van der Waals surface area contributed by atoms with Crippen molar-refractivity contribution in [1.82, 2.24) is 0 Å². The lowest BCUT2D eigenvalue weighted by Gasteiger charge is -2.24. The van der Waals surface area contributed by atoms with Crippen LogP contribution >= 0.6 is 11.8 Å². The number of hydrogen-bond donors (Lipinski definition) is 1. The van der Waals surface area contributed by atoms with Gasteiger partial charge in [-0.2, -0.15) is 11.8 Å². The molecule has 0 aliphatic carbocycles. The fraction of sp³-hybridized carbons (Fsp3) is 1.00. The van der Waals surface area contributed by atoms with Gasteiger partial charge in [-0.3, -0.25) is 0 Å². The van der Waals surface area contributed by atoms with Crippen LogP contribution < -0.4 is 0 Å². The maximum absolute atomic E-state index is 9.29. The second-order valence-corrected chi connectivity index (χ2v) is 7.52. The average molecular weight is 260 g/mol. The standard InChI is InChI=1S/C15H32OS/c1-5-6-7-8-9-10-11-12-15(3,4)17-13-14(2)16/h14,16H,5-13H2,1-4H3. The van der Waals surface area contributed by atoms with Gasteiger partial charge in [0.2, 0.25) is 0 Å². The summed E-state index contributed by atoms with van der Waals surface area (Å²) < 4.78 is 0.334. The first kappa shape index (κ1) is 17.3. The maximum Gasteiger partial charge on any atom is 0.0602 e. The summed E-state index contributed by atoms with van der Waals surface area (Å²) in [6.45, 7) is 8.74. The molecule has 0 rings (SSSR count). The van der Waals surface area contributed by atoms with Crippen LogP contribution in [0.5, 0.6) is 0 Å². The molecule has 2 heteroatoms. The summed E-state index contributed by atoms with van der Waals surface area (Å²) in [6.07, 6.45) is 10.8. The molecule has 0 spiro atoms. The van der Waals surface area contributed by atoms with Crippen LogP contribution in [0.3, 0.4) is 0 Å². The monoisotopic (exact) mass is 260 g/mol. The summed E-state index contributed by atoms with van der Waals surface area (Å²) in [5, 5.41) is 9.29. The maximum atomic E-state index is 9.29. The molecule has 0 amide bonds. The summed E-state index contributed by atoms with van der Waals surface area (Å²) in [7, 11) is 0. The SMILES string of the molecule is CCCCCCCCCC(C)(C)SCC(C)O.